The minimum absolute atomic E-state index is 0.0313. The van der Waals surface area contributed by atoms with Crippen molar-refractivity contribution in [3.8, 4) is 0 Å². The van der Waals surface area contributed by atoms with E-state index in [0.717, 1.165) is 16.2 Å². The van der Waals surface area contributed by atoms with Gasteiger partial charge in [0.25, 0.3) is 5.91 Å². The van der Waals surface area contributed by atoms with E-state index in [1.54, 1.807) is 0 Å². The molecule has 1 aliphatic rings. The van der Waals surface area contributed by atoms with Gasteiger partial charge in [-0.05, 0) is 30.2 Å². The molecule has 1 amide bonds. The van der Waals surface area contributed by atoms with E-state index >= 15 is 0 Å². The van der Waals surface area contributed by atoms with E-state index in [1.807, 2.05) is 36.4 Å². The van der Waals surface area contributed by atoms with Crippen molar-refractivity contribution in [2.45, 2.75) is 31.9 Å². The van der Waals surface area contributed by atoms with Gasteiger partial charge in [-0.1, -0.05) is 30.3 Å². The maximum Gasteiger partial charge on any atom is 0.311 e. The summed E-state index contributed by atoms with van der Waals surface area (Å²) in [6.07, 6.45) is 0.867. The van der Waals surface area contributed by atoms with Crippen molar-refractivity contribution < 1.29 is 27.2 Å². The van der Waals surface area contributed by atoms with Gasteiger partial charge in [0.15, 0.2) is 15.9 Å². The maximum absolute atomic E-state index is 12.4. The first-order valence-electron chi connectivity index (χ1n) is 9.40. The third-order valence-electron chi connectivity index (χ3n) is 5.13. The normalized spacial score (nSPS) is 19.3. The Kier molecular flexibility index (Phi) is 5.04. The molecule has 0 bridgehead atoms. The van der Waals surface area contributed by atoms with Gasteiger partial charge in [-0.15, -0.1) is 0 Å². The summed E-state index contributed by atoms with van der Waals surface area (Å²) in [6, 6.07) is 11.2. The highest BCUT2D eigenvalue weighted by Crippen LogP contribution is 2.30. The van der Waals surface area contributed by atoms with E-state index < -0.39 is 33.9 Å². The van der Waals surface area contributed by atoms with Gasteiger partial charge in [0.05, 0.1) is 24.2 Å². The molecule has 1 aliphatic heterocycles. The fourth-order valence-electron chi connectivity index (χ4n) is 3.68. The largest absolute Gasteiger partial charge is 0.464 e. The summed E-state index contributed by atoms with van der Waals surface area (Å²) in [4.78, 5) is 24.6. The van der Waals surface area contributed by atoms with E-state index in [4.69, 9.17) is 9.15 Å². The Bertz CT molecular complexity index is 1200. The molecule has 8 heteroatoms. The van der Waals surface area contributed by atoms with E-state index in [1.165, 1.54) is 13.2 Å². The van der Waals surface area contributed by atoms with Crippen LogP contribution in [-0.2, 0) is 30.6 Å². The third kappa shape index (κ3) is 4.12. The van der Waals surface area contributed by atoms with Crippen LogP contribution in [0.25, 0.3) is 21.7 Å². The van der Waals surface area contributed by atoms with Crippen molar-refractivity contribution in [3.05, 3.63) is 48.2 Å². The highest BCUT2D eigenvalue weighted by atomic mass is 32.2. The van der Waals surface area contributed by atoms with Gasteiger partial charge >= 0.3 is 5.97 Å². The number of fused-ring (bicyclic) bond motifs is 3. The Hall–Kier alpha value is -2.87. The molecule has 29 heavy (non-hydrogen) atoms. The summed E-state index contributed by atoms with van der Waals surface area (Å²) < 4.78 is 33.8. The molecule has 1 saturated heterocycles. The average molecular weight is 415 g/mol. The van der Waals surface area contributed by atoms with Crippen molar-refractivity contribution >= 4 is 43.5 Å². The zero-order chi connectivity index (χ0) is 20.6. The number of rotatable bonds is 5. The summed E-state index contributed by atoms with van der Waals surface area (Å²) in [5.41, 5.74) is 1.37. The Balaban J connectivity index is 1.43. The first kappa shape index (κ1) is 19.4. The van der Waals surface area contributed by atoms with Crippen molar-refractivity contribution in [2.24, 2.45) is 0 Å². The topological polar surface area (TPSA) is 103 Å². The smallest absolute Gasteiger partial charge is 0.311 e. The third-order valence-corrected chi connectivity index (χ3v) is 6.90. The molecular weight excluding hydrogens is 394 g/mol. The lowest BCUT2D eigenvalue weighted by atomic mass is 10.0. The molecular formula is C21H21NO6S. The summed E-state index contributed by atoms with van der Waals surface area (Å²) in [5.74, 6) is -1.06. The predicted octanol–water partition coefficient (Wildman–Crippen LogP) is 2.36. The van der Waals surface area contributed by atoms with Crippen LogP contribution in [0.4, 0.5) is 0 Å². The molecule has 0 radical (unpaired) electrons. The number of hydrogen-bond acceptors (Lipinski definition) is 6. The Morgan fingerprint density at radius 1 is 1.24 bits per heavy atom. The van der Waals surface area contributed by atoms with Crippen LogP contribution in [0.15, 0.2) is 47.1 Å². The molecule has 1 N–H and O–H groups in total. The molecule has 7 nitrogen and oxygen atoms in total. The van der Waals surface area contributed by atoms with Crippen LogP contribution >= 0.6 is 0 Å². The first-order chi connectivity index (χ1) is 13.8. The Morgan fingerprint density at radius 2 is 2.03 bits per heavy atom. The molecule has 4 rings (SSSR count). The number of esters is 1. The molecule has 0 unspecified atom stereocenters. The molecule has 2 atom stereocenters. The number of hydrogen-bond donors (Lipinski definition) is 1. The van der Waals surface area contributed by atoms with E-state index in [9.17, 15) is 18.0 Å². The lowest BCUT2D eigenvalue weighted by Gasteiger charge is -2.16. The summed E-state index contributed by atoms with van der Waals surface area (Å²) >= 11 is 0. The zero-order valence-electron chi connectivity index (χ0n) is 15.9. The monoisotopic (exact) mass is 415 g/mol. The number of nitrogens with one attached hydrogen (secondary N) is 1. The second-order valence-corrected chi connectivity index (χ2v) is 9.57. The van der Waals surface area contributed by atoms with Crippen LogP contribution < -0.4 is 5.32 Å². The highest BCUT2D eigenvalue weighted by molar-refractivity contribution is 7.91. The van der Waals surface area contributed by atoms with E-state index in [-0.39, 0.29) is 17.9 Å². The van der Waals surface area contributed by atoms with Crippen molar-refractivity contribution in [2.75, 3.05) is 11.5 Å². The Labute approximate surface area is 167 Å². The summed E-state index contributed by atoms with van der Waals surface area (Å²) in [7, 11) is -3.10. The molecule has 0 aliphatic carbocycles. The van der Waals surface area contributed by atoms with Gasteiger partial charge in [-0.3, -0.25) is 9.59 Å². The highest BCUT2D eigenvalue weighted by Gasteiger charge is 2.30. The maximum atomic E-state index is 12.4. The van der Waals surface area contributed by atoms with Crippen molar-refractivity contribution in [1.29, 1.82) is 0 Å². The number of benzene rings is 2. The fraction of sp³-hybridized carbons (Fsp3) is 0.333. The van der Waals surface area contributed by atoms with Crippen LogP contribution in [0.2, 0.25) is 0 Å². The van der Waals surface area contributed by atoms with Gasteiger partial charge < -0.3 is 14.5 Å². The van der Waals surface area contributed by atoms with Gasteiger partial charge in [-0.2, -0.15) is 0 Å². The van der Waals surface area contributed by atoms with E-state index in [0.29, 0.717) is 17.6 Å². The molecule has 152 valence electrons. The molecule has 1 fully saturated rings. The van der Waals surface area contributed by atoms with Crippen molar-refractivity contribution in [3.63, 3.8) is 0 Å². The Morgan fingerprint density at radius 3 is 2.79 bits per heavy atom. The number of ether oxygens (including phenoxy) is 1. The number of furan rings is 1. The number of carbonyl (C=O) groups excluding carboxylic acids is 2. The number of carbonyl (C=O) groups is 2. The van der Waals surface area contributed by atoms with Gasteiger partial charge in [-0.25, -0.2) is 8.42 Å². The van der Waals surface area contributed by atoms with Gasteiger partial charge in [0.1, 0.15) is 5.58 Å². The quantitative estimate of drug-likeness (QED) is 0.642. The van der Waals surface area contributed by atoms with Gasteiger partial charge in [0, 0.05) is 17.0 Å². The van der Waals surface area contributed by atoms with E-state index in [2.05, 4.69) is 5.32 Å². The molecule has 3 aromatic rings. The minimum atomic E-state index is -3.10. The second kappa shape index (κ2) is 7.51. The lowest BCUT2D eigenvalue weighted by molar-refractivity contribution is -0.154. The predicted molar refractivity (Wildman–Crippen MR) is 108 cm³/mol. The number of sulfone groups is 1. The second-order valence-electron chi connectivity index (χ2n) is 7.34. The zero-order valence-corrected chi connectivity index (χ0v) is 16.7. The first-order valence-corrected chi connectivity index (χ1v) is 11.2. The summed E-state index contributed by atoms with van der Waals surface area (Å²) in [5, 5.41) is 5.51. The average Bonchev–Trinajstić information content (AvgIpc) is 3.24. The molecule has 0 spiro atoms. The SMILES string of the molecule is C[C@H](OC(=O)Cc1coc2ccc3ccccc3c12)C(=O)N[C@H]1CCS(=O)(=O)C1. The summed E-state index contributed by atoms with van der Waals surface area (Å²) in [6.45, 7) is 1.47. The lowest BCUT2D eigenvalue weighted by Crippen LogP contribution is -2.42. The number of amides is 1. The van der Waals surface area contributed by atoms with Crippen LogP contribution in [-0.4, -0.2) is 43.9 Å². The van der Waals surface area contributed by atoms with Crippen molar-refractivity contribution in [1.82, 2.24) is 5.32 Å². The molecule has 1 aromatic heterocycles. The van der Waals surface area contributed by atoms with Crippen LogP contribution in [0, 0.1) is 0 Å². The van der Waals surface area contributed by atoms with Crippen LogP contribution in [0.5, 0.6) is 0 Å². The standard InChI is InChI=1S/C21H21NO6S/c1-13(21(24)22-16-8-9-29(25,26)12-16)28-19(23)10-15-11-27-18-7-6-14-4-2-3-5-17(14)20(15)18/h2-7,11,13,16H,8-10,12H2,1H3,(H,22,24)/t13-,16-/m0/s1. The van der Waals surface area contributed by atoms with Gasteiger partial charge in [0.2, 0.25) is 0 Å². The van der Waals surface area contributed by atoms with Crippen LogP contribution in [0.3, 0.4) is 0 Å². The molecule has 2 heterocycles. The fourth-order valence-corrected chi connectivity index (χ4v) is 5.35. The molecule has 0 saturated carbocycles. The minimum Gasteiger partial charge on any atom is -0.464 e. The molecule has 2 aromatic carbocycles. The van der Waals surface area contributed by atoms with Crippen LogP contribution in [0.1, 0.15) is 18.9 Å².